The molecule has 0 fully saturated rings. The van der Waals surface area contributed by atoms with E-state index < -0.39 is 0 Å². The third-order valence-corrected chi connectivity index (χ3v) is 1.23. The summed E-state index contributed by atoms with van der Waals surface area (Å²) in [6, 6.07) is 1.70. The number of halogens is 1. The van der Waals surface area contributed by atoms with E-state index in [1.54, 1.807) is 12.3 Å². The zero-order chi connectivity index (χ0) is 9.03. The monoisotopic (exact) mass is 186 g/mol. The smallest absolute Gasteiger partial charge is 0.216 e. The highest BCUT2D eigenvalue weighted by molar-refractivity contribution is 6.23. The number of hydrogen-bond acceptors (Lipinski definition) is 3. The first-order chi connectivity index (χ1) is 5.58. The minimum Gasteiger partial charge on any atom is -0.476 e. The van der Waals surface area contributed by atoms with Gasteiger partial charge < -0.3 is 4.74 Å². The minimum absolute atomic E-state index is 0.356. The molecule has 0 spiro atoms. The third-order valence-electron chi connectivity index (χ3n) is 1.12. The Kier molecular flexibility index (Phi) is 2.87. The normalized spacial score (nSPS) is 11.2. The van der Waals surface area contributed by atoms with Gasteiger partial charge >= 0.3 is 0 Å². The van der Waals surface area contributed by atoms with E-state index in [-0.39, 0.29) is 4.87 Å². The van der Waals surface area contributed by atoms with Crippen LogP contribution in [0.3, 0.4) is 0 Å². The van der Waals surface area contributed by atoms with Crippen molar-refractivity contribution in [1.82, 2.24) is 9.97 Å². The van der Waals surface area contributed by atoms with Crippen LogP contribution in [0.4, 0.5) is 0 Å². The molecular formula is C8H11ClN2O. The van der Waals surface area contributed by atoms with Crippen LogP contribution < -0.4 is 4.74 Å². The second-order valence-electron chi connectivity index (χ2n) is 3.05. The fourth-order valence-corrected chi connectivity index (χ4v) is 0.664. The Bertz CT molecular complexity index is 233. The van der Waals surface area contributed by atoms with Crippen LogP contribution in [-0.4, -0.2) is 21.4 Å². The fourth-order valence-electron chi connectivity index (χ4n) is 0.609. The summed E-state index contributed by atoms with van der Waals surface area (Å²) < 4.78 is 5.29. The molecule has 0 aliphatic carbocycles. The molecule has 12 heavy (non-hydrogen) atoms. The van der Waals surface area contributed by atoms with E-state index >= 15 is 0 Å². The summed E-state index contributed by atoms with van der Waals surface area (Å²) >= 11 is 5.91. The van der Waals surface area contributed by atoms with Crippen LogP contribution in [-0.2, 0) is 0 Å². The predicted molar refractivity (Wildman–Crippen MR) is 47.5 cm³/mol. The van der Waals surface area contributed by atoms with E-state index in [2.05, 4.69) is 9.97 Å². The van der Waals surface area contributed by atoms with Crippen molar-refractivity contribution in [3.05, 3.63) is 18.6 Å². The Morgan fingerprint density at radius 2 is 2.33 bits per heavy atom. The standard InChI is InChI=1S/C8H11ClN2O/c1-8(2,9)5-12-7-3-4-10-6-11-7/h3-4,6H,5H2,1-2H3. The topological polar surface area (TPSA) is 35.0 Å². The van der Waals surface area contributed by atoms with Crippen molar-refractivity contribution in [2.75, 3.05) is 6.61 Å². The molecule has 0 aliphatic rings. The number of rotatable bonds is 3. The van der Waals surface area contributed by atoms with Gasteiger partial charge in [0.05, 0.1) is 4.87 Å². The molecule has 0 aliphatic heterocycles. The van der Waals surface area contributed by atoms with Crippen molar-refractivity contribution in [3.63, 3.8) is 0 Å². The lowest BCUT2D eigenvalue weighted by Crippen LogP contribution is -2.21. The summed E-state index contributed by atoms with van der Waals surface area (Å²) in [6.07, 6.45) is 3.07. The van der Waals surface area contributed by atoms with Crippen LogP contribution >= 0.6 is 11.6 Å². The van der Waals surface area contributed by atoms with Crippen molar-refractivity contribution >= 4 is 11.6 Å². The number of aromatic nitrogens is 2. The van der Waals surface area contributed by atoms with Crippen LogP contribution in [0.5, 0.6) is 5.88 Å². The van der Waals surface area contributed by atoms with Crippen molar-refractivity contribution in [3.8, 4) is 5.88 Å². The van der Waals surface area contributed by atoms with Crippen molar-refractivity contribution in [1.29, 1.82) is 0 Å². The first kappa shape index (κ1) is 9.26. The van der Waals surface area contributed by atoms with Crippen LogP contribution in [0, 0.1) is 0 Å². The third kappa shape index (κ3) is 3.53. The summed E-state index contributed by atoms with van der Waals surface area (Å²) in [5, 5.41) is 0. The Labute approximate surface area is 76.7 Å². The van der Waals surface area contributed by atoms with Gasteiger partial charge in [0, 0.05) is 12.3 Å². The molecule has 0 bridgehead atoms. The number of nitrogens with zero attached hydrogens (tertiary/aromatic N) is 2. The molecule has 4 heteroatoms. The average Bonchev–Trinajstić information content (AvgIpc) is 2.02. The Hall–Kier alpha value is -0.830. The molecule has 1 aromatic heterocycles. The summed E-state index contributed by atoms with van der Waals surface area (Å²) in [6.45, 7) is 4.21. The Balaban J connectivity index is 2.44. The fraction of sp³-hybridized carbons (Fsp3) is 0.500. The van der Waals surface area contributed by atoms with E-state index in [1.165, 1.54) is 6.33 Å². The lowest BCUT2D eigenvalue weighted by molar-refractivity contribution is 0.273. The van der Waals surface area contributed by atoms with Gasteiger partial charge in [-0.25, -0.2) is 9.97 Å². The summed E-state index contributed by atoms with van der Waals surface area (Å²) in [5.41, 5.74) is 0. The molecule has 1 heterocycles. The number of hydrogen-bond donors (Lipinski definition) is 0. The Morgan fingerprint density at radius 3 is 2.83 bits per heavy atom. The lowest BCUT2D eigenvalue weighted by atomic mass is 10.2. The van der Waals surface area contributed by atoms with Gasteiger partial charge in [-0.15, -0.1) is 11.6 Å². The second-order valence-corrected chi connectivity index (χ2v) is 4.08. The van der Waals surface area contributed by atoms with Gasteiger partial charge in [0.2, 0.25) is 5.88 Å². The molecule has 0 unspecified atom stereocenters. The van der Waals surface area contributed by atoms with E-state index in [9.17, 15) is 0 Å². The van der Waals surface area contributed by atoms with Crippen molar-refractivity contribution in [2.24, 2.45) is 0 Å². The summed E-state index contributed by atoms with van der Waals surface area (Å²) in [5.74, 6) is 0.554. The maximum absolute atomic E-state index is 5.91. The highest BCUT2D eigenvalue weighted by atomic mass is 35.5. The maximum atomic E-state index is 5.91. The first-order valence-electron chi connectivity index (χ1n) is 3.66. The number of ether oxygens (including phenoxy) is 1. The Morgan fingerprint density at radius 1 is 1.58 bits per heavy atom. The highest BCUT2D eigenvalue weighted by Gasteiger charge is 2.13. The molecule has 1 aromatic rings. The molecule has 1 rings (SSSR count). The van der Waals surface area contributed by atoms with E-state index in [0.717, 1.165) is 0 Å². The zero-order valence-electron chi connectivity index (χ0n) is 7.12. The molecule has 66 valence electrons. The maximum Gasteiger partial charge on any atom is 0.216 e. The molecule has 0 radical (unpaired) electrons. The van der Waals surface area contributed by atoms with Gasteiger partial charge in [-0.3, -0.25) is 0 Å². The first-order valence-corrected chi connectivity index (χ1v) is 4.03. The van der Waals surface area contributed by atoms with E-state index in [0.29, 0.717) is 12.5 Å². The van der Waals surface area contributed by atoms with Gasteiger partial charge in [-0.05, 0) is 13.8 Å². The largest absolute Gasteiger partial charge is 0.476 e. The van der Waals surface area contributed by atoms with Crippen LogP contribution in [0.15, 0.2) is 18.6 Å². The van der Waals surface area contributed by atoms with Gasteiger partial charge in [0.15, 0.2) is 0 Å². The lowest BCUT2D eigenvalue weighted by Gasteiger charge is -2.15. The quantitative estimate of drug-likeness (QED) is 0.677. The predicted octanol–water partition coefficient (Wildman–Crippen LogP) is 1.87. The van der Waals surface area contributed by atoms with E-state index in [4.69, 9.17) is 16.3 Å². The minimum atomic E-state index is -0.356. The van der Waals surface area contributed by atoms with Gasteiger partial charge in [-0.1, -0.05) is 0 Å². The van der Waals surface area contributed by atoms with Gasteiger partial charge in [0.25, 0.3) is 0 Å². The van der Waals surface area contributed by atoms with E-state index in [1.807, 2.05) is 13.8 Å². The summed E-state index contributed by atoms with van der Waals surface area (Å²) in [7, 11) is 0. The zero-order valence-corrected chi connectivity index (χ0v) is 7.88. The van der Waals surface area contributed by atoms with Crippen LogP contribution in [0.25, 0.3) is 0 Å². The average molecular weight is 187 g/mol. The van der Waals surface area contributed by atoms with Gasteiger partial charge in [0.1, 0.15) is 12.9 Å². The molecule has 0 N–H and O–H groups in total. The van der Waals surface area contributed by atoms with Gasteiger partial charge in [-0.2, -0.15) is 0 Å². The molecule has 0 amide bonds. The van der Waals surface area contributed by atoms with Crippen LogP contribution in [0.1, 0.15) is 13.8 Å². The second kappa shape index (κ2) is 3.72. The van der Waals surface area contributed by atoms with Crippen molar-refractivity contribution in [2.45, 2.75) is 18.7 Å². The molecule has 0 saturated carbocycles. The molecule has 0 atom stereocenters. The molecule has 0 saturated heterocycles. The van der Waals surface area contributed by atoms with Crippen molar-refractivity contribution < 1.29 is 4.74 Å². The molecule has 0 aromatic carbocycles. The highest BCUT2D eigenvalue weighted by Crippen LogP contribution is 2.14. The van der Waals surface area contributed by atoms with Crippen LogP contribution in [0.2, 0.25) is 0 Å². The molecular weight excluding hydrogens is 176 g/mol. The SMILES string of the molecule is CC(C)(Cl)COc1ccncn1. The number of alkyl halides is 1. The summed E-state index contributed by atoms with van der Waals surface area (Å²) in [4.78, 5) is 7.30. The molecule has 3 nitrogen and oxygen atoms in total.